The van der Waals surface area contributed by atoms with Crippen LogP contribution in [0.4, 0.5) is 16.0 Å². The number of benzene rings is 1. The van der Waals surface area contributed by atoms with E-state index in [1.165, 1.54) is 12.1 Å². The molecule has 0 saturated carbocycles. The summed E-state index contributed by atoms with van der Waals surface area (Å²) in [6.45, 7) is 3.08. The summed E-state index contributed by atoms with van der Waals surface area (Å²) in [6, 6.07) is 10.2. The molecule has 3 N–H and O–H groups in total. The van der Waals surface area contributed by atoms with Gasteiger partial charge in [-0.1, -0.05) is 0 Å². The van der Waals surface area contributed by atoms with E-state index in [-0.39, 0.29) is 18.3 Å². The molecule has 4 heterocycles. The summed E-state index contributed by atoms with van der Waals surface area (Å²) < 4.78 is 17.2. The highest BCUT2D eigenvalue weighted by atomic mass is 19.1. The van der Waals surface area contributed by atoms with Gasteiger partial charge in [0.15, 0.2) is 5.65 Å². The Bertz CT molecular complexity index is 1340. The van der Waals surface area contributed by atoms with Gasteiger partial charge in [-0.25, -0.2) is 13.9 Å². The molecular weight excluding hydrogens is 437 g/mol. The highest BCUT2D eigenvalue weighted by Gasteiger charge is 2.28. The van der Waals surface area contributed by atoms with Crippen LogP contribution >= 0.6 is 0 Å². The second-order valence-electron chi connectivity index (χ2n) is 8.30. The van der Waals surface area contributed by atoms with E-state index in [4.69, 9.17) is 15.9 Å². The molecule has 1 amide bonds. The Morgan fingerprint density at radius 1 is 1.09 bits per heavy atom. The van der Waals surface area contributed by atoms with Crippen molar-refractivity contribution in [3.63, 3.8) is 0 Å². The second kappa shape index (κ2) is 8.75. The molecule has 1 aromatic carbocycles. The average Bonchev–Trinajstić information content (AvgIpc) is 3.40. The lowest BCUT2D eigenvalue weighted by Crippen LogP contribution is -2.49. The molecule has 0 aliphatic carbocycles. The molecule has 34 heavy (non-hydrogen) atoms. The van der Waals surface area contributed by atoms with E-state index in [0.717, 1.165) is 39.8 Å². The van der Waals surface area contributed by atoms with Gasteiger partial charge in [-0.2, -0.15) is 10.2 Å². The number of aromatic nitrogens is 5. The number of piperazine rings is 1. The SMILES string of the molecule is CNc1cn2nc(-c3c(-c4ccc(F)cc4)nn(C)c3N3CCN(CC(N)=O)CC3)ccc2n1. The lowest BCUT2D eigenvalue weighted by atomic mass is 10.0. The first-order chi connectivity index (χ1) is 16.4. The number of primary amides is 1. The maximum atomic E-state index is 13.6. The number of imidazole rings is 1. The smallest absolute Gasteiger partial charge is 0.231 e. The zero-order valence-corrected chi connectivity index (χ0v) is 19.1. The number of amides is 1. The molecule has 0 bridgehead atoms. The fourth-order valence-electron chi connectivity index (χ4n) is 4.40. The van der Waals surface area contributed by atoms with Crippen LogP contribution in [-0.2, 0) is 11.8 Å². The summed E-state index contributed by atoms with van der Waals surface area (Å²) in [5, 5.41) is 12.7. The number of carbonyl (C=O) groups excluding carboxylic acids is 1. The summed E-state index contributed by atoms with van der Waals surface area (Å²) in [5.74, 6) is 1.01. The largest absolute Gasteiger partial charge is 0.372 e. The predicted molar refractivity (Wildman–Crippen MR) is 128 cm³/mol. The summed E-state index contributed by atoms with van der Waals surface area (Å²) in [5.41, 5.74) is 9.21. The normalized spacial score (nSPS) is 14.6. The maximum Gasteiger partial charge on any atom is 0.231 e. The maximum absolute atomic E-state index is 13.6. The summed E-state index contributed by atoms with van der Waals surface area (Å²) in [6.07, 6.45) is 1.83. The predicted octanol–water partition coefficient (Wildman–Crippen LogP) is 1.58. The molecule has 4 aromatic rings. The Morgan fingerprint density at radius 2 is 1.82 bits per heavy atom. The number of halogens is 1. The third-order valence-electron chi connectivity index (χ3n) is 6.02. The van der Waals surface area contributed by atoms with Gasteiger partial charge in [0.25, 0.3) is 0 Å². The molecule has 176 valence electrons. The Morgan fingerprint density at radius 3 is 2.50 bits per heavy atom. The van der Waals surface area contributed by atoms with Gasteiger partial charge in [-0.15, -0.1) is 0 Å². The van der Waals surface area contributed by atoms with Gasteiger partial charge in [-0.3, -0.25) is 14.4 Å². The van der Waals surface area contributed by atoms with Gasteiger partial charge in [-0.05, 0) is 36.4 Å². The number of nitrogens with zero attached hydrogens (tertiary/aromatic N) is 7. The number of nitrogens with one attached hydrogen (secondary N) is 1. The number of hydrogen-bond donors (Lipinski definition) is 2. The van der Waals surface area contributed by atoms with E-state index in [9.17, 15) is 9.18 Å². The average molecular weight is 464 g/mol. The molecule has 0 unspecified atom stereocenters. The van der Waals surface area contributed by atoms with E-state index in [0.29, 0.717) is 26.2 Å². The molecule has 10 nitrogen and oxygen atoms in total. The Hall–Kier alpha value is -3.99. The van der Waals surface area contributed by atoms with Crippen molar-refractivity contribution in [1.82, 2.24) is 29.3 Å². The Labute approximate surface area is 195 Å². The number of hydrogen-bond acceptors (Lipinski definition) is 7. The Kier molecular flexibility index (Phi) is 5.62. The molecule has 0 radical (unpaired) electrons. The lowest BCUT2D eigenvalue weighted by Gasteiger charge is -2.35. The minimum Gasteiger partial charge on any atom is -0.372 e. The van der Waals surface area contributed by atoms with Gasteiger partial charge >= 0.3 is 0 Å². The molecular formula is C23H26FN9O. The van der Waals surface area contributed by atoms with Crippen LogP contribution in [-0.4, -0.2) is 75.0 Å². The molecule has 3 aromatic heterocycles. The van der Waals surface area contributed by atoms with Crippen LogP contribution in [0.2, 0.25) is 0 Å². The zero-order valence-electron chi connectivity index (χ0n) is 19.1. The standard InChI is InChI=1S/C23H26FN9O/c1-26-19-14-33-20(27-19)8-7-17(28-33)21-22(15-3-5-16(24)6-4-15)29-30(2)23(21)32-11-9-31(10-12-32)13-18(25)34/h3-8,14,26H,9-13H2,1-2H3,(H2,25,34). The summed E-state index contributed by atoms with van der Waals surface area (Å²) >= 11 is 0. The molecule has 1 aliphatic rings. The molecule has 11 heteroatoms. The molecule has 1 aliphatic heterocycles. The van der Waals surface area contributed by atoms with Crippen LogP contribution in [0.3, 0.4) is 0 Å². The fourth-order valence-corrected chi connectivity index (χ4v) is 4.40. The van der Waals surface area contributed by atoms with Crippen molar-refractivity contribution < 1.29 is 9.18 Å². The van der Waals surface area contributed by atoms with Crippen molar-refractivity contribution in [1.29, 1.82) is 0 Å². The summed E-state index contributed by atoms with van der Waals surface area (Å²) in [4.78, 5) is 20.1. The third kappa shape index (κ3) is 4.05. The van der Waals surface area contributed by atoms with Crippen LogP contribution in [0, 0.1) is 5.82 Å². The van der Waals surface area contributed by atoms with Crippen LogP contribution in [0.5, 0.6) is 0 Å². The van der Waals surface area contributed by atoms with Gasteiger partial charge in [0, 0.05) is 45.8 Å². The molecule has 1 saturated heterocycles. The molecule has 0 spiro atoms. The van der Waals surface area contributed by atoms with Crippen LogP contribution < -0.4 is 16.0 Å². The zero-order chi connectivity index (χ0) is 23.8. The van der Waals surface area contributed by atoms with Gasteiger partial charge in [0.05, 0.1) is 24.0 Å². The minimum absolute atomic E-state index is 0.250. The fraction of sp³-hybridized carbons (Fsp3) is 0.304. The Balaban J connectivity index is 1.61. The monoisotopic (exact) mass is 463 g/mol. The third-order valence-corrected chi connectivity index (χ3v) is 6.02. The first kappa shape index (κ1) is 21.8. The molecule has 5 rings (SSSR count). The van der Waals surface area contributed by atoms with Crippen molar-refractivity contribution in [3.8, 4) is 22.5 Å². The van der Waals surface area contributed by atoms with Gasteiger partial charge in [0.1, 0.15) is 23.1 Å². The van der Waals surface area contributed by atoms with Crippen molar-refractivity contribution in [2.24, 2.45) is 12.8 Å². The number of carbonyl (C=O) groups is 1. The van der Waals surface area contributed by atoms with Crippen molar-refractivity contribution in [2.75, 3.05) is 50.0 Å². The van der Waals surface area contributed by atoms with E-state index < -0.39 is 0 Å². The van der Waals surface area contributed by atoms with Crippen molar-refractivity contribution in [3.05, 3.63) is 48.4 Å². The second-order valence-corrected chi connectivity index (χ2v) is 8.30. The van der Waals surface area contributed by atoms with Crippen LogP contribution in [0.25, 0.3) is 28.2 Å². The van der Waals surface area contributed by atoms with Gasteiger partial charge in [0.2, 0.25) is 5.91 Å². The van der Waals surface area contributed by atoms with Crippen molar-refractivity contribution >= 4 is 23.2 Å². The topological polar surface area (TPSA) is 110 Å². The van der Waals surface area contributed by atoms with Crippen molar-refractivity contribution in [2.45, 2.75) is 0 Å². The molecule has 1 fully saturated rings. The molecule has 0 atom stereocenters. The van der Waals surface area contributed by atoms with E-state index in [1.807, 2.05) is 42.0 Å². The first-order valence-corrected chi connectivity index (χ1v) is 11.1. The summed E-state index contributed by atoms with van der Waals surface area (Å²) in [7, 11) is 3.71. The van der Waals surface area contributed by atoms with E-state index >= 15 is 0 Å². The number of aryl methyl sites for hydroxylation is 1. The van der Waals surface area contributed by atoms with E-state index in [2.05, 4.69) is 15.2 Å². The van der Waals surface area contributed by atoms with Crippen LogP contribution in [0.15, 0.2) is 42.6 Å². The number of anilines is 2. The van der Waals surface area contributed by atoms with E-state index in [1.54, 1.807) is 16.6 Å². The van der Waals surface area contributed by atoms with Crippen LogP contribution in [0.1, 0.15) is 0 Å². The lowest BCUT2D eigenvalue weighted by molar-refractivity contribution is -0.119. The quantitative estimate of drug-likeness (QED) is 0.447. The van der Waals surface area contributed by atoms with Gasteiger partial charge < -0.3 is 16.0 Å². The number of rotatable bonds is 6. The number of nitrogens with two attached hydrogens (primary N) is 1. The minimum atomic E-state index is -0.327. The highest BCUT2D eigenvalue weighted by molar-refractivity contribution is 5.88. The first-order valence-electron chi connectivity index (χ1n) is 11.1. The highest BCUT2D eigenvalue weighted by Crippen LogP contribution is 2.39. The number of fused-ring (bicyclic) bond motifs is 1.